The van der Waals surface area contributed by atoms with Gasteiger partial charge in [0, 0.05) is 55.2 Å². The number of nitrogens with one attached hydrogen (secondary N) is 1. The van der Waals surface area contributed by atoms with Gasteiger partial charge in [-0.1, -0.05) is 48.5 Å². The van der Waals surface area contributed by atoms with Gasteiger partial charge in [0.1, 0.15) is 4.90 Å². The third-order valence-corrected chi connectivity index (χ3v) is 7.63. The predicted molar refractivity (Wildman–Crippen MR) is 138 cm³/mol. The smallest absolute Gasteiger partial charge is 0.264 e. The van der Waals surface area contributed by atoms with Crippen molar-refractivity contribution in [2.45, 2.75) is 18.4 Å². The molecule has 0 saturated carbocycles. The fourth-order valence-electron chi connectivity index (χ4n) is 4.38. The van der Waals surface area contributed by atoms with Crippen LogP contribution in [0, 0.1) is 6.92 Å². The van der Waals surface area contributed by atoms with Crippen LogP contribution in [0.15, 0.2) is 89.8 Å². The van der Waals surface area contributed by atoms with E-state index in [-0.39, 0.29) is 4.90 Å². The summed E-state index contributed by atoms with van der Waals surface area (Å²) >= 11 is 0. The SMILES string of the molecule is Cc1ccc2cccc(S(=O)(=O)Nc3ccc(CN4CCN(c5ccccc5)CC4)cc3)c2n1. The fraction of sp³-hybridized carbons (Fsp3) is 0.222. The van der Waals surface area contributed by atoms with Crippen molar-refractivity contribution in [3.8, 4) is 0 Å². The second kappa shape index (κ2) is 9.44. The number of piperazine rings is 1. The summed E-state index contributed by atoms with van der Waals surface area (Å²) in [7, 11) is -3.76. The Balaban J connectivity index is 1.23. The lowest BCUT2D eigenvalue weighted by Gasteiger charge is -2.36. The average molecular weight is 473 g/mol. The molecule has 4 aromatic rings. The molecule has 1 fully saturated rings. The van der Waals surface area contributed by atoms with Crippen molar-refractivity contribution in [1.29, 1.82) is 0 Å². The van der Waals surface area contributed by atoms with E-state index < -0.39 is 10.0 Å². The molecule has 0 bridgehead atoms. The highest BCUT2D eigenvalue weighted by Crippen LogP contribution is 2.24. The molecule has 6 nitrogen and oxygen atoms in total. The molecule has 0 atom stereocenters. The molecule has 0 radical (unpaired) electrons. The van der Waals surface area contributed by atoms with Gasteiger partial charge in [-0.3, -0.25) is 14.6 Å². The number of hydrogen-bond donors (Lipinski definition) is 1. The number of aromatic nitrogens is 1. The minimum absolute atomic E-state index is 0.189. The third-order valence-electron chi connectivity index (χ3n) is 6.22. The summed E-state index contributed by atoms with van der Waals surface area (Å²) in [5, 5.41) is 0.802. The lowest BCUT2D eigenvalue weighted by Crippen LogP contribution is -2.45. The molecular formula is C27H28N4O2S. The Labute approximate surface area is 200 Å². The topological polar surface area (TPSA) is 65.5 Å². The van der Waals surface area contributed by atoms with Gasteiger partial charge in [-0.25, -0.2) is 8.42 Å². The summed E-state index contributed by atoms with van der Waals surface area (Å²) in [6.45, 7) is 6.70. The molecule has 1 aliphatic heterocycles. The van der Waals surface area contributed by atoms with Gasteiger partial charge in [0.25, 0.3) is 10.0 Å². The molecular weight excluding hydrogens is 444 g/mol. The molecule has 1 aromatic heterocycles. The monoisotopic (exact) mass is 472 g/mol. The largest absolute Gasteiger partial charge is 0.369 e. The van der Waals surface area contributed by atoms with E-state index in [1.807, 2.05) is 55.5 Å². The summed E-state index contributed by atoms with van der Waals surface area (Å²) < 4.78 is 28.9. The molecule has 0 spiro atoms. The molecule has 0 aliphatic carbocycles. The maximum absolute atomic E-state index is 13.1. The summed E-state index contributed by atoms with van der Waals surface area (Å²) in [5.74, 6) is 0. The molecule has 34 heavy (non-hydrogen) atoms. The second-order valence-corrected chi connectivity index (χ2v) is 10.3. The van der Waals surface area contributed by atoms with E-state index in [4.69, 9.17) is 0 Å². The summed E-state index contributed by atoms with van der Waals surface area (Å²) in [6, 6.07) is 27.2. The van der Waals surface area contributed by atoms with Gasteiger partial charge in [0.05, 0.1) is 5.52 Å². The molecule has 1 saturated heterocycles. The average Bonchev–Trinajstić information content (AvgIpc) is 2.85. The van der Waals surface area contributed by atoms with E-state index in [2.05, 4.69) is 43.8 Å². The summed E-state index contributed by atoms with van der Waals surface area (Å²) in [4.78, 5) is 9.50. The Bertz CT molecular complexity index is 1380. The normalized spacial score (nSPS) is 14.9. The number of aryl methyl sites for hydroxylation is 1. The predicted octanol–water partition coefficient (Wildman–Crippen LogP) is 4.67. The van der Waals surface area contributed by atoms with Crippen LogP contribution in [-0.4, -0.2) is 44.5 Å². The van der Waals surface area contributed by atoms with Crippen molar-refractivity contribution in [3.05, 3.63) is 96.2 Å². The van der Waals surface area contributed by atoms with E-state index >= 15 is 0 Å². The van der Waals surface area contributed by atoms with Crippen molar-refractivity contribution >= 4 is 32.3 Å². The maximum atomic E-state index is 13.1. The molecule has 3 aromatic carbocycles. The molecule has 5 rings (SSSR count). The van der Waals surface area contributed by atoms with Gasteiger partial charge < -0.3 is 4.90 Å². The Hall–Kier alpha value is -3.42. The van der Waals surface area contributed by atoms with Crippen LogP contribution in [0.5, 0.6) is 0 Å². The van der Waals surface area contributed by atoms with E-state index in [0.29, 0.717) is 11.2 Å². The van der Waals surface area contributed by atoms with Crippen molar-refractivity contribution in [3.63, 3.8) is 0 Å². The molecule has 7 heteroatoms. The number of nitrogens with zero attached hydrogens (tertiary/aromatic N) is 3. The minimum atomic E-state index is -3.76. The molecule has 2 heterocycles. The number of para-hydroxylation sites is 2. The Morgan fingerprint density at radius 3 is 2.29 bits per heavy atom. The third kappa shape index (κ3) is 4.90. The van der Waals surface area contributed by atoms with Gasteiger partial charge in [-0.2, -0.15) is 0 Å². The van der Waals surface area contributed by atoms with Crippen LogP contribution in [-0.2, 0) is 16.6 Å². The van der Waals surface area contributed by atoms with Crippen LogP contribution < -0.4 is 9.62 Å². The van der Waals surface area contributed by atoms with Crippen LogP contribution in [0.3, 0.4) is 0 Å². The second-order valence-electron chi connectivity index (χ2n) is 8.68. The fourth-order valence-corrected chi connectivity index (χ4v) is 5.62. The number of sulfonamides is 1. The van der Waals surface area contributed by atoms with Crippen molar-refractivity contribution in [1.82, 2.24) is 9.88 Å². The lowest BCUT2D eigenvalue weighted by molar-refractivity contribution is 0.250. The van der Waals surface area contributed by atoms with E-state index in [1.165, 1.54) is 11.3 Å². The number of fused-ring (bicyclic) bond motifs is 1. The summed E-state index contributed by atoms with van der Waals surface area (Å²) in [6.07, 6.45) is 0. The first-order valence-electron chi connectivity index (χ1n) is 11.5. The van der Waals surface area contributed by atoms with E-state index in [9.17, 15) is 8.42 Å². The van der Waals surface area contributed by atoms with Gasteiger partial charge in [-0.05, 0) is 48.9 Å². The number of rotatable bonds is 6. The van der Waals surface area contributed by atoms with Crippen LogP contribution in [0.1, 0.15) is 11.3 Å². The van der Waals surface area contributed by atoms with Crippen LogP contribution in [0.2, 0.25) is 0 Å². The quantitative estimate of drug-likeness (QED) is 0.442. The highest BCUT2D eigenvalue weighted by atomic mass is 32.2. The highest BCUT2D eigenvalue weighted by Gasteiger charge is 2.20. The first-order chi connectivity index (χ1) is 16.5. The zero-order valence-electron chi connectivity index (χ0n) is 19.2. The van der Waals surface area contributed by atoms with Crippen molar-refractivity contribution < 1.29 is 8.42 Å². The van der Waals surface area contributed by atoms with Crippen molar-refractivity contribution in [2.24, 2.45) is 0 Å². The number of anilines is 2. The first-order valence-corrected chi connectivity index (χ1v) is 13.0. The Kier molecular flexibility index (Phi) is 6.22. The van der Waals surface area contributed by atoms with Crippen LogP contribution in [0.25, 0.3) is 10.9 Å². The first kappa shape index (κ1) is 22.4. The molecule has 174 valence electrons. The molecule has 1 aliphatic rings. The van der Waals surface area contributed by atoms with Crippen molar-refractivity contribution in [2.75, 3.05) is 35.8 Å². The van der Waals surface area contributed by atoms with Gasteiger partial charge >= 0.3 is 0 Å². The minimum Gasteiger partial charge on any atom is -0.369 e. The molecule has 0 unspecified atom stereocenters. The van der Waals surface area contributed by atoms with Gasteiger partial charge in [-0.15, -0.1) is 0 Å². The molecule has 0 amide bonds. The van der Waals surface area contributed by atoms with Gasteiger partial charge in [0.15, 0.2) is 0 Å². The van der Waals surface area contributed by atoms with E-state index in [0.717, 1.165) is 43.8 Å². The number of pyridine rings is 1. The van der Waals surface area contributed by atoms with Gasteiger partial charge in [0.2, 0.25) is 0 Å². The summed E-state index contributed by atoms with van der Waals surface area (Å²) in [5.41, 5.74) is 4.25. The number of benzene rings is 3. The molecule has 1 N–H and O–H groups in total. The highest BCUT2D eigenvalue weighted by molar-refractivity contribution is 7.93. The van der Waals surface area contributed by atoms with Crippen LogP contribution in [0.4, 0.5) is 11.4 Å². The maximum Gasteiger partial charge on any atom is 0.264 e. The Morgan fingerprint density at radius 2 is 1.56 bits per heavy atom. The lowest BCUT2D eigenvalue weighted by atomic mass is 10.1. The number of hydrogen-bond acceptors (Lipinski definition) is 5. The Morgan fingerprint density at radius 1 is 0.824 bits per heavy atom. The zero-order chi connectivity index (χ0) is 23.5. The standard InChI is InChI=1S/C27H28N4O2S/c1-21-10-13-23-6-5-9-26(27(23)28-21)34(32,33)29-24-14-11-22(12-15-24)20-30-16-18-31(19-17-30)25-7-3-2-4-8-25/h2-15,29H,16-20H2,1H3. The van der Waals surface area contributed by atoms with E-state index in [1.54, 1.807) is 12.1 Å². The van der Waals surface area contributed by atoms with Crippen LogP contribution >= 0.6 is 0 Å². The zero-order valence-corrected chi connectivity index (χ0v) is 20.0.